The molecule has 22 heavy (non-hydrogen) atoms. The second kappa shape index (κ2) is 9.00. The lowest BCUT2D eigenvalue weighted by molar-refractivity contribution is -0.122. The van der Waals surface area contributed by atoms with E-state index in [4.69, 9.17) is 4.74 Å². The number of nitrogens with one attached hydrogen (secondary N) is 1. The molecule has 1 unspecified atom stereocenters. The highest BCUT2D eigenvalue weighted by Gasteiger charge is 2.06. The molecule has 1 heterocycles. The molecule has 5 heteroatoms. The molecule has 0 radical (unpaired) electrons. The number of hydrogen-bond donors (Lipinski definition) is 1. The fraction of sp³-hybridized carbons (Fsp3) is 0.412. The normalized spacial score (nSPS) is 12.0. The number of carbonyl (C=O) groups is 1. The van der Waals surface area contributed by atoms with E-state index < -0.39 is 0 Å². The molecule has 0 aliphatic carbocycles. The first kappa shape index (κ1) is 16.2. The summed E-state index contributed by atoms with van der Waals surface area (Å²) in [4.78, 5) is 11.7. The van der Waals surface area contributed by atoms with Gasteiger partial charge in [-0.15, -0.1) is 0 Å². The van der Waals surface area contributed by atoms with Gasteiger partial charge in [-0.3, -0.25) is 9.48 Å². The molecule has 1 amide bonds. The number of benzene rings is 1. The summed E-state index contributed by atoms with van der Waals surface area (Å²) in [5, 5.41) is 7.09. The summed E-state index contributed by atoms with van der Waals surface area (Å²) >= 11 is 0. The standard InChI is InChI=1S/C17H23N3O2/c1-15(13-20-10-5-9-19-20)12-18-17(21)8-11-22-14-16-6-3-2-4-7-16/h2-7,9-10,15H,8,11-14H2,1H3,(H,18,21). The van der Waals surface area contributed by atoms with Gasteiger partial charge in [-0.25, -0.2) is 0 Å². The van der Waals surface area contributed by atoms with Gasteiger partial charge in [0.05, 0.1) is 13.2 Å². The van der Waals surface area contributed by atoms with E-state index in [9.17, 15) is 4.79 Å². The van der Waals surface area contributed by atoms with Crippen LogP contribution < -0.4 is 5.32 Å². The van der Waals surface area contributed by atoms with E-state index in [1.54, 1.807) is 6.20 Å². The average Bonchev–Trinajstić information content (AvgIpc) is 3.03. The molecule has 0 fully saturated rings. The van der Waals surface area contributed by atoms with Crippen molar-refractivity contribution >= 4 is 5.91 Å². The molecule has 5 nitrogen and oxygen atoms in total. The zero-order valence-corrected chi connectivity index (χ0v) is 12.9. The van der Waals surface area contributed by atoms with Gasteiger partial charge in [0.2, 0.25) is 5.91 Å². The number of nitrogens with zero attached hydrogens (tertiary/aromatic N) is 2. The molecule has 0 aliphatic rings. The van der Waals surface area contributed by atoms with Crippen LogP contribution in [-0.2, 0) is 22.7 Å². The summed E-state index contributed by atoms with van der Waals surface area (Å²) in [5.41, 5.74) is 1.12. The molecule has 2 rings (SSSR count). The minimum atomic E-state index is 0.0281. The molecule has 0 saturated carbocycles. The van der Waals surface area contributed by atoms with Crippen LogP contribution in [0.25, 0.3) is 0 Å². The third kappa shape index (κ3) is 6.10. The van der Waals surface area contributed by atoms with E-state index in [1.165, 1.54) is 0 Å². The number of carbonyl (C=O) groups excluding carboxylic acids is 1. The Hall–Kier alpha value is -2.14. The van der Waals surface area contributed by atoms with Gasteiger partial charge in [-0.1, -0.05) is 37.3 Å². The fourth-order valence-electron chi connectivity index (χ4n) is 2.10. The number of aromatic nitrogens is 2. The minimum Gasteiger partial charge on any atom is -0.376 e. The molecule has 1 aromatic heterocycles. The molecule has 0 saturated heterocycles. The van der Waals surface area contributed by atoms with Crippen molar-refractivity contribution in [3.8, 4) is 0 Å². The van der Waals surface area contributed by atoms with Crippen LogP contribution in [-0.4, -0.2) is 28.8 Å². The first-order valence-corrected chi connectivity index (χ1v) is 7.60. The smallest absolute Gasteiger partial charge is 0.222 e. The Morgan fingerprint density at radius 3 is 2.86 bits per heavy atom. The van der Waals surface area contributed by atoms with Crippen LogP contribution in [0.1, 0.15) is 18.9 Å². The van der Waals surface area contributed by atoms with Gasteiger partial charge in [0.25, 0.3) is 0 Å². The molecule has 0 bridgehead atoms. The summed E-state index contributed by atoms with van der Waals surface area (Å²) in [6.07, 6.45) is 4.08. The SMILES string of the molecule is CC(CNC(=O)CCOCc1ccccc1)Cn1cccn1. The lowest BCUT2D eigenvalue weighted by Crippen LogP contribution is -2.30. The monoisotopic (exact) mass is 301 g/mol. The van der Waals surface area contributed by atoms with Crippen molar-refractivity contribution in [1.82, 2.24) is 15.1 Å². The number of ether oxygens (including phenoxy) is 1. The van der Waals surface area contributed by atoms with Crippen molar-refractivity contribution < 1.29 is 9.53 Å². The molecular weight excluding hydrogens is 278 g/mol. The van der Waals surface area contributed by atoms with Gasteiger partial charge in [-0.2, -0.15) is 5.10 Å². The van der Waals surface area contributed by atoms with Crippen LogP contribution in [0, 0.1) is 5.92 Å². The molecular formula is C17H23N3O2. The van der Waals surface area contributed by atoms with Crippen molar-refractivity contribution in [1.29, 1.82) is 0 Å². The lowest BCUT2D eigenvalue weighted by Gasteiger charge is -2.13. The third-order valence-electron chi connectivity index (χ3n) is 3.29. The van der Waals surface area contributed by atoms with Crippen molar-refractivity contribution in [2.24, 2.45) is 5.92 Å². The third-order valence-corrected chi connectivity index (χ3v) is 3.29. The summed E-state index contributed by atoms with van der Waals surface area (Å²) in [6.45, 7) is 4.53. The van der Waals surface area contributed by atoms with Crippen molar-refractivity contribution in [3.63, 3.8) is 0 Å². The summed E-state index contributed by atoms with van der Waals surface area (Å²) in [6, 6.07) is 11.9. The van der Waals surface area contributed by atoms with E-state index in [-0.39, 0.29) is 5.91 Å². The van der Waals surface area contributed by atoms with E-state index in [2.05, 4.69) is 17.3 Å². The molecule has 1 aromatic carbocycles. The van der Waals surface area contributed by atoms with Gasteiger partial charge in [0.15, 0.2) is 0 Å². The Morgan fingerprint density at radius 1 is 1.32 bits per heavy atom. The maximum atomic E-state index is 11.7. The summed E-state index contributed by atoms with van der Waals surface area (Å²) in [7, 11) is 0. The first-order chi connectivity index (χ1) is 10.7. The van der Waals surface area contributed by atoms with Gasteiger partial charge < -0.3 is 10.1 Å². The number of rotatable bonds is 9. The molecule has 0 aliphatic heterocycles. The van der Waals surface area contributed by atoms with Crippen LogP contribution in [0.4, 0.5) is 0 Å². The zero-order chi connectivity index (χ0) is 15.6. The molecule has 1 atom stereocenters. The van der Waals surface area contributed by atoms with Crippen LogP contribution in [0.5, 0.6) is 0 Å². The zero-order valence-electron chi connectivity index (χ0n) is 12.9. The lowest BCUT2D eigenvalue weighted by atomic mass is 10.2. The second-order valence-corrected chi connectivity index (χ2v) is 5.43. The predicted molar refractivity (Wildman–Crippen MR) is 85.1 cm³/mol. The highest BCUT2D eigenvalue weighted by atomic mass is 16.5. The van der Waals surface area contributed by atoms with Crippen molar-refractivity contribution in [2.45, 2.75) is 26.5 Å². The Bertz CT molecular complexity index is 540. The van der Waals surface area contributed by atoms with E-state index in [0.29, 0.717) is 32.1 Å². The first-order valence-electron chi connectivity index (χ1n) is 7.60. The van der Waals surface area contributed by atoms with Gasteiger partial charge in [0.1, 0.15) is 0 Å². The van der Waals surface area contributed by atoms with Crippen LogP contribution >= 0.6 is 0 Å². The Morgan fingerprint density at radius 2 is 2.14 bits per heavy atom. The molecule has 2 aromatic rings. The topological polar surface area (TPSA) is 56.1 Å². The van der Waals surface area contributed by atoms with E-state index in [0.717, 1.165) is 12.1 Å². The van der Waals surface area contributed by atoms with Crippen molar-refractivity contribution in [2.75, 3.05) is 13.2 Å². The fourth-order valence-corrected chi connectivity index (χ4v) is 2.10. The van der Waals surface area contributed by atoms with Crippen LogP contribution in [0.3, 0.4) is 0 Å². The maximum Gasteiger partial charge on any atom is 0.222 e. The Labute approximate surface area is 131 Å². The van der Waals surface area contributed by atoms with Gasteiger partial charge >= 0.3 is 0 Å². The van der Waals surface area contributed by atoms with E-state index in [1.807, 2.05) is 47.3 Å². The second-order valence-electron chi connectivity index (χ2n) is 5.43. The van der Waals surface area contributed by atoms with Crippen molar-refractivity contribution in [3.05, 3.63) is 54.4 Å². The summed E-state index contributed by atoms with van der Waals surface area (Å²) in [5.74, 6) is 0.370. The Balaban J connectivity index is 1.54. The van der Waals surface area contributed by atoms with Gasteiger partial charge in [-0.05, 0) is 17.5 Å². The van der Waals surface area contributed by atoms with Crippen LogP contribution in [0.15, 0.2) is 48.8 Å². The molecule has 1 N–H and O–H groups in total. The summed E-state index contributed by atoms with van der Waals surface area (Å²) < 4.78 is 7.38. The van der Waals surface area contributed by atoms with E-state index >= 15 is 0 Å². The quantitative estimate of drug-likeness (QED) is 0.723. The number of amides is 1. The highest BCUT2D eigenvalue weighted by molar-refractivity contribution is 5.75. The minimum absolute atomic E-state index is 0.0281. The Kier molecular flexibility index (Phi) is 6.64. The predicted octanol–water partition coefficient (Wildman–Crippen LogP) is 2.24. The maximum absolute atomic E-state index is 11.7. The van der Waals surface area contributed by atoms with Crippen LogP contribution in [0.2, 0.25) is 0 Å². The average molecular weight is 301 g/mol. The van der Waals surface area contributed by atoms with Gasteiger partial charge in [0, 0.05) is 31.9 Å². The largest absolute Gasteiger partial charge is 0.376 e. The number of hydrogen-bond acceptors (Lipinski definition) is 3. The molecule has 0 spiro atoms. The molecule has 118 valence electrons. The highest BCUT2D eigenvalue weighted by Crippen LogP contribution is 2.01.